The Labute approximate surface area is 119 Å². The number of benzene rings is 1. The molecular formula is C13H11Cl2FN2O. The molecule has 0 bridgehead atoms. The van der Waals surface area contributed by atoms with Gasteiger partial charge in [-0.25, -0.2) is 9.37 Å². The maximum Gasteiger partial charge on any atom is 0.255 e. The van der Waals surface area contributed by atoms with Crippen LogP contribution in [0.15, 0.2) is 29.1 Å². The molecule has 100 valence electrons. The summed E-state index contributed by atoms with van der Waals surface area (Å²) in [6.45, 7) is 2.03. The van der Waals surface area contributed by atoms with Crippen molar-refractivity contribution in [3.8, 4) is 0 Å². The smallest absolute Gasteiger partial charge is 0.255 e. The summed E-state index contributed by atoms with van der Waals surface area (Å²) in [5, 5.41) is 0.176. The van der Waals surface area contributed by atoms with Crippen molar-refractivity contribution < 1.29 is 4.39 Å². The SMILES string of the molecule is CCc1nc(Cl)cc(=O)n1Cc1cccc(F)c1Cl. The Hall–Kier alpha value is -1.39. The highest BCUT2D eigenvalue weighted by Crippen LogP contribution is 2.20. The van der Waals surface area contributed by atoms with Crippen LogP contribution in [0.1, 0.15) is 18.3 Å². The van der Waals surface area contributed by atoms with E-state index in [4.69, 9.17) is 23.2 Å². The Morgan fingerprint density at radius 3 is 2.79 bits per heavy atom. The first kappa shape index (κ1) is 14.0. The molecule has 0 amide bonds. The number of hydrogen-bond acceptors (Lipinski definition) is 2. The van der Waals surface area contributed by atoms with E-state index in [-0.39, 0.29) is 22.3 Å². The summed E-state index contributed by atoms with van der Waals surface area (Å²) < 4.78 is 14.8. The summed E-state index contributed by atoms with van der Waals surface area (Å²) in [5.74, 6) is 0.0324. The Morgan fingerprint density at radius 2 is 2.11 bits per heavy atom. The number of rotatable bonds is 3. The van der Waals surface area contributed by atoms with Gasteiger partial charge in [-0.15, -0.1) is 0 Å². The predicted molar refractivity (Wildman–Crippen MR) is 73.4 cm³/mol. The van der Waals surface area contributed by atoms with E-state index in [1.54, 1.807) is 12.1 Å². The summed E-state index contributed by atoms with van der Waals surface area (Å²) in [4.78, 5) is 16.0. The molecule has 0 aliphatic rings. The molecule has 0 N–H and O–H groups in total. The number of nitrogens with zero attached hydrogens (tertiary/aromatic N) is 2. The molecule has 0 saturated carbocycles. The van der Waals surface area contributed by atoms with E-state index in [0.717, 1.165) is 0 Å². The van der Waals surface area contributed by atoms with Gasteiger partial charge in [0.25, 0.3) is 5.56 Å². The summed E-state index contributed by atoms with van der Waals surface area (Å²) in [6, 6.07) is 5.73. The Morgan fingerprint density at radius 1 is 1.37 bits per heavy atom. The molecule has 0 unspecified atom stereocenters. The van der Waals surface area contributed by atoms with Gasteiger partial charge in [0.05, 0.1) is 11.6 Å². The molecule has 0 saturated heterocycles. The second-order valence-corrected chi connectivity index (χ2v) is 4.75. The highest BCUT2D eigenvalue weighted by Gasteiger charge is 2.11. The molecule has 0 atom stereocenters. The second kappa shape index (κ2) is 5.72. The van der Waals surface area contributed by atoms with E-state index in [1.165, 1.54) is 16.7 Å². The number of hydrogen-bond donors (Lipinski definition) is 0. The molecule has 2 rings (SSSR count). The average Bonchev–Trinajstić information content (AvgIpc) is 2.37. The Kier molecular flexibility index (Phi) is 4.22. The third-order valence-corrected chi connectivity index (χ3v) is 3.35. The minimum atomic E-state index is -0.507. The first-order valence-corrected chi connectivity index (χ1v) is 6.47. The Balaban J connectivity index is 2.49. The van der Waals surface area contributed by atoms with Gasteiger partial charge in [-0.3, -0.25) is 9.36 Å². The zero-order valence-electron chi connectivity index (χ0n) is 10.2. The van der Waals surface area contributed by atoms with Crippen LogP contribution in [0, 0.1) is 5.82 Å². The van der Waals surface area contributed by atoms with Crippen LogP contribution in [0.2, 0.25) is 10.2 Å². The highest BCUT2D eigenvalue weighted by atomic mass is 35.5. The van der Waals surface area contributed by atoms with E-state index in [0.29, 0.717) is 17.8 Å². The van der Waals surface area contributed by atoms with Crippen molar-refractivity contribution in [3.05, 3.63) is 62.0 Å². The van der Waals surface area contributed by atoms with Gasteiger partial charge in [0, 0.05) is 12.5 Å². The van der Waals surface area contributed by atoms with E-state index in [2.05, 4.69) is 4.98 Å². The van der Waals surface area contributed by atoms with Crippen LogP contribution in [0.4, 0.5) is 4.39 Å². The van der Waals surface area contributed by atoms with Crippen LogP contribution in [0.25, 0.3) is 0 Å². The van der Waals surface area contributed by atoms with Crippen molar-refractivity contribution in [3.63, 3.8) is 0 Å². The lowest BCUT2D eigenvalue weighted by Crippen LogP contribution is -2.25. The number of aryl methyl sites for hydroxylation is 1. The third-order valence-electron chi connectivity index (χ3n) is 2.73. The van der Waals surface area contributed by atoms with Gasteiger partial charge in [0.15, 0.2) is 0 Å². The molecule has 3 nitrogen and oxygen atoms in total. The van der Waals surface area contributed by atoms with Gasteiger partial charge in [-0.05, 0) is 11.6 Å². The lowest BCUT2D eigenvalue weighted by molar-refractivity contribution is 0.619. The van der Waals surface area contributed by atoms with Crippen molar-refractivity contribution in [2.75, 3.05) is 0 Å². The van der Waals surface area contributed by atoms with E-state index < -0.39 is 5.82 Å². The Bertz CT molecular complexity index is 670. The van der Waals surface area contributed by atoms with Gasteiger partial charge in [-0.2, -0.15) is 0 Å². The topological polar surface area (TPSA) is 34.9 Å². The number of halogens is 3. The quantitative estimate of drug-likeness (QED) is 0.815. The average molecular weight is 301 g/mol. The molecular weight excluding hydrogens is 290 g/mol. The van der Waals surface area contributed by atoms with E-state index in [1.807, 2.05) is 6.92 Å². The minimum absolute atomic E-state index is 0.0198. The zero-order chi connectivity index (χ0) is 14.0. The van der Waals surface area contributed by atoms with Crippen molar-refractivity contribution in [2.45, 2.75) is 19.9 Å². The third kappa shape index (κ3) is 2.96. The monoisotopic (exact) mass is 300 g/mol. The van der Waals surface area contributed by atoms with Gasteiger partial charge >= 0.3 is 0 Å². The lowest BCUT2D eigenvalue weighted by Gasteiger charge is -2.12. The molecule has 0 aliphatic heterocycles. The maximum atomic E-state index is 13.4. The van der Waals surface area contributed by atoms with E-state index >= 15 is 0 Å². The van der Waals surface area contributed by atoms with Crippen LogP contribution in [-0.4, -0.2) is 9.55 Å². The van der Waals surface area contributed by atoms with Crippen LogP contribution in [0.5, 0.6) is 0 Å². The molecule has 6 heteroatoms. The molecule has 0 radical (unpaired) electrons. The van der Waals surface area contributed by atoms with Crippen LogP contribution < -0.4 is 5.56 Å². The summed E-state index contributed by atoms with van der Waals surface area (Å²) >= 11 is 11.6. The molecule has 0 spiro atoms. The minimum Gasteiger partial charge on any atom is -0.292 e. The van der Waals surface area contributed by atoms with Gasteiger partial charge in [0.1, 0.15) is 16.8 Å². The van der Waals surface area contributed by atoms with Crippen molar-refractivity contribution in [1.82, 2.24) is 9.55 Å². The van der Waals surface area contributed by atoms with Crippen molar-refractivity contribution in [1.29, 1.82) is 0 Å². The van der Waals surface area contributed by atoms with Crippen LogP contribution in [-0.2, 0) is 13.0 Å². The fourth-order valence-corrected chi connectivity index (χ4v) is 2.18. The first-order chi connectivity index (χ1) is 9.02. The fourth-order valence-electron chi connectivity index (χ4n) is 1.80. The zero-order valence-corrected chi connectivity index (χ0v) is 11.7. The van der Waals surface area contributed by atoms with Crippen molar-refractivity contribution >= 4 is 23.2 Å². The fraction of sp³-hybridized carbons (Fsp3) is 0.231. The van der Waals surface area contributed by atoms with Crippen LogP contribution in [0.3, 0.4) is 0 Å². The van der Waals surface area contributed by atoms with Gasteiger partial charge in [0.2, 0.25) is 0 Å². The maximum absolute atomic E-state index is 13.4. The molecule has 0 fully saturated rings. The van der Waals surface area contributed by atoms with E-state index in [9.17, 15) is 9.18 Å². The molecule has 1 aromatic carbocycles. The molecule has 0 aliphatic carbocycles. The van der Waals surface area contributed by atoms with Gasteiger partial charge < -0.3 is 0 Å². The molecule has 19 heavy (non-hydrogen) atoms. The lowest BCUT2D eigenvalue weighted by atomic mass is 10.2. The largest absolute Gasteiger partial charge is 0.292 e. The molecule has 1 aromatic heterocycles. The standard InChI is InChI=1S/C13H11Cl2FN2O/c1-2-11-17-10(14)6-12(19)18(11)7-8-4-3-5-9(16)13(8)15/h3-6H,2,7H2,1H3. The summed E-state index contributed by atoms with van der Waals surface area (Å²) in [6.07, 6.45) is 0.544. The first-order valence-electron chi connectivity index (χ1n) is 5.72. The van der Waals surface area contributed by atoms with Crippen LogP contribution >= 0.6 is 23.2 Å². The molecule has 1 heterocycles. The second-order valence-electron chi connectivity index (χ2n) is 3.99. The normalized spacial score (nSPS) is 10.7. The summed E-state index contributed by atoms with van der Waals surface area (Å²) in [5.41, 5.74) is 0.250. The predicted octanol–water partition coefficient (Wildman–Crippen LogP) is 3.30. The highest BCUT2D eigenvalue weighted by molar-refractivity contribution is 6.31. The van der Waals surface area contributed by atoms with Crippen molar-refractivity contribution in [2.24, 2.45) is 0 Å². The number of aromatic nitrogens is 2. The van der Waals surface area contributed by atoms with Gasteiger partial charge in [-0.1, -0.05) is 42.3 Å². The molecule has 2 aromatic rings. The summed E-state index contributed by atoms with van der Waals surface area (Å²) in [7, 11) is 0.